The fourth-order valence-electron chi connectivity index (χ4n) is 3.37. The van der Waals surface area contributed by atoms with Gasteiger partial charge in [-0.3, -0.25) is 9.78 Å². The molecule has 5 nitrogen and oxygen atoms in total. The zero-order valence-electron chi connectivity index (χ0n) is 14.7. The van der Waals surface area contributed by atoms with Crippen LogP contribution in [0.5, 0.6) is 5.75 Å². The predicted molar refractivity (Wildman–Crippen MR) is 95.2 cm³/mol. The summed E-state index contributed by atoms with van der Waals surface area (Å²) in [7, 11) is 1.71. The van der Waals surface area contributed by atoms with Crippen molar-refractivity contribution >= 4 is 5.91 Å². The Morgan fingerprint density at radius 3 is 2.92 bits per heavy atom. The molecule has 138 valence electrons. The number of aromatic nitrogens is 1. The second-order valence-electron chi connectivity index (χ2n) is 6.65. The summed E-state index contributed by atoms with van der Waals surface area (Å²) in [6.07, 6.45) is 4.47. The number of likely N-dealkylation sites (N-methyl/N-ethyl adjacent to an activating group) is 1. The molecule has 1 aliphatic carbocycles. The molecule has 3 rings (SSSR count). The number of hydrogen-bond donors (Lipinski definition) is 1. The van der Waals surface area contributed by atoms with Crippen molar-refractivity contribution in [2.75, 3.05) is 7.05 Å². The maximum absolute atomic E-state index is 13.3. The van der Waals surface area contributed by atoms with Gasteiger partial charge in [-0.05, 0) is 43.0 Å². The summed E-state index contributed by atoms with van der Waals surface area (Å²) >= 11 is 0. The fourth-order valence-corrected chi connectivity index (χ4v) is 3.37. The van der Waals surface area contributed by atoms with Crippen LogP contribution in [0.1, 0.15) is 24.8 Å². The Balaban J connectivity index is 1.64. The summed E-state index contributed by atoms with van der Waals surface area (Å²) in [6, 6.07) is 9.20. The van der Waals surface area contributed by atoms with Gasteiger partial charge in [0, 0.05) is 25.5 Å². The Morgan fingerprint density at radius 1 is 1.35 bits per heavy atom. The monoisotopic (exact) mass is 358 g/mol. The number of pyridine rings is 1. The first-order chi connectivity index (χ1) is 12.5. The van der Waals surface area contributed by atoms with Crippen molar-refractivity contribution in [3.05, 3.63) is 60.2 Å². The van der Waals surface area contributed by atoms with Crippen LogP contribution in [0.2, 0.25) is 0 Å². The minimum Gasteiger partial charge on any atom is -0.488 e. The van der Waals surface area contributed by atoms with Gasteiger partial charge in [0.05, 0.1) is 12.5 Å². The largest absolute Gasteiger partial charge is 0.488 e. The van der Waals surface area contributed by atoms with Gasteiger partial charge in [0.2, 0.25) is 5.91 Å². The SMILES string of the molecule is CN(C(=O)Cc1cccnc1)[C@@H]1CCC[C@H](Oc2cccc(F)c2)[C@H]1O. The fraction of sp³-hybridized carbons (Fsp3) is 0.400. The highest BCUT2D eigenvalue weighted by Crippen LogP contribution is 2.27. The van der Waals surface area contributed by atoms with Gasteiger partial charge < -0.3 is 14.7 Å². The van der Waals surface area contributed by atoms with E-state index in [0.717, 1.165) is 12.0 Å². The van der Waals surface area contributed by atoms with Crippen LogP contribution >= 0.6 is 0 Å². The molecule has 0 saturated heterocycles. The van der Waals surface area contributed by atoms with Crippen LogP contribution in [0.15, 0.2) is 48.8 Å². The standard InChI is InChI=1S/C20H23FN2O3/c1-23(19(24)11-14-5-4-10-22-13-14)17-8-3-9-18(20(17)25)26-16-7-2-6-15(21)12-16/h2,4-7,10,12-13,17-18,20,25H,3,8-9,11H2,1H3/t17-,18+,20+/m1/s1. The number of halogens is 1. The van der Waals surface area contributed by atoms with E-state index in [1.165, 1.54) is 12.1 Å². The summed E-state index contributed by atoms with van der Waals surface area (Å²) in [6.45, 7) is 0. The first kappa shape index (κ1) is 18.3. The van der Waals surface area contributed by atoms with Crippen LogP contribution in [-0.4, -0.2) is 46.2 Å². The average Bonchev–Trinajstić information content (AvgIpc) is 2.64. The second-order valence-corrected chi connectivity index (χ2v) is 6.65. The Kier molecular flexibility index (Phi) is 5.83. The van der Waals surface area contributed by atoms with Gasteiger partial charge in [-0.1, -0.05) is 12.1 Å². The molecule has 0 unspecified atom stereocenters. The maximum Gasteiger partial charge on any atom is 0.227 e. The number of amides is 1. The van der Waals surface area contributed by atoms with Crippen LogP contribution in [0, 0.1) is 5.82 Å². The summed E-state index contributed by atoms with van der Waals surface area (Å²) in [5.74, 6) is -0.0689. The van der Waals surface area contributed by atoms with Gasteiger partial charge in [0.1, 0.15) is 23.8 Å². The van der Waals surface area contributed by atoms with E-state index in [4.69, 9.17) is 4.74 Å². The molecule has 0 spiro atoms. The molecule has 1 amide bonds. The first-order valence-corrected chi connectivity index (χ1v) is 8.79. The van der Waals surface area contributed by atoms with Crippen molar-refractivity contribution in [1.82, 2.24) is 9.88 Å². The van der Waals surface area contributed by atoms with Gasteiger partial charge in [0.15, 0.2) is 0 Å². The van der Waals surface area contributed by atoms with E-state index in [-0.39, 0.29) is 24.2 Å². The molecule has 1 aromatic heterocycles. The third-order valence-electron chi connectivity index (χ3n) is 4.82. The van der Waals surface area contributed by atoms with E-state index in [1.54, 1.807) is 42.5 Å². The molecule has 2 aromatic rings. The molecule has 1 fully saturated rings. The van der Waals surface area contributed by atoms with E-state index in [1.807, 2.05) is 6.07 Å². The van der Waals surface area contributed by atoms with Crippen LogP contribution in [0.3, 0.4) is 0 Å². The molecule has 1 heterocycles. The van der Waals surface area contributed by atoms with E-state index >= 15 is 0 Å². The number of hydrogen-bond acceptors (Lipinski definition) is 4. The zero-order chi connectivity index (χ0) is 18.5. The molecule has 3 atom stereocenters. The lowest BCUT2D eigenvalue weighted by atomic mass is 9.88. The number of aliphatic hydroxyl groups excluding tert-OH is 1. The van der Waals surface area contributed by atoms with Gasteiger partial charge in [-0.15, -0.1) is 0 Å². The molecule has 1 aliphatic rings. The molecule has 1 saturated carbocycles. The second kappa shape index (κ2) is 8.27. The summed E-state index contributed by atoms with van der Waals surface area (Å²) in [5, 5.41) is 10.7. The lowest BCUT2D eigenvalue weighted by molar-refractivity contribution is -0.137. The van der Waals surface area contributed by atoms with Crippen LogP contribution in [-0.2, 0) is 11.2 Å². The van der Waals surface area contributed by atoms with Crippen molar-refractivity contribution in [2.45, 2.75) is 43.9 Å². The number of nitrogens with zero attached hydrogens (tertiary/aromatic N) is 2. The van der Waals surface area contributed by atoms with Crippen LogP contribution < -0.4 is 4.74 Å². The molecule has 0 bridgehead atoms. The quantitative estimate of drug-likeness (QED) is 0.892. The minimum absolute atomic E-state index is 0.0755. The number of rotatable bonds is 5. The topological polar surface area (TPSA) is 62.7 Å². The van der Waals surface area contributed by atoms with Crippen LogP contribution in [0.4, 0.5) is 4.39 Å². The van der Waals surface area contributed by atoms with E-state index in [0.29, 0.717) is 18.6 Å². The molecule has 0 aliphatic heterocycles. The number of ether oxygens (including phenoxy) is 1. The highest BCUT2D eigenvalue weighted by molar-refractivity contribution is 5.78. The van der Waals surface area contributed by atoms with E-state index in [9.17, 15) is 14.3 Å². The third-order valence-corrected chi connectivity index (χ3v) is 4.82. The van der Waals surface area contributed by atoms with Crippen molar-refractivity contribution in [2.24, 2.45) is 0 Å². The maximum atomic E-state index is 13.3. The van der Waals surface area contributed by atoms with Gasteiger partial charge in [-0.2, -0.15) is 0 Å². The average molecular weight is 358 g/mol. The summed E-state index contributed by atoms with van der Waals surface area (Å²) in [4.78, 5) is 18.2. The highest BCUT2D eigenvalue weighted by Gasteiger charge is 2.37. The smallest absolute Gasteiger partial charge is 0.227 e. The first-order valence-electron chi connectivity index (χ1n) is 8.79. The molecule has 0 radical (unpaired) electrons. The lowest BCUT2D eigenvalue weighted by Gasteiger charge is -2.39. The molecular weight excluding hydrogens is 335 g/mol. The van der Waals surface area contributed by atoms with Gasteiger partial charge in [-0.25, -0.2) is 4.39 Å². The Morgan fingerprint density at radius 2 is 2.19 bits per heavy atom. The van der Waals surface area contributed by atoms with Crippen molar-refractivity contribution < 1.29 is 19.0 Å². The predicted octanol–water partition coefficient (Wildman–Crippen LogP) is 2.58. The van der Waals surface area contributed by atoms with Crippen LogP contribution in [0.25, 0.3) is 0 Å². The summed E-state index contributed by atoms with van der Waals surface area (Å²) < 4.78 is 19.1. The van der Waals surface area contributed by atoms with Gasteiger partial charge >= 0.3 is 0 Å². The molecule has 26 heavy (non-hydrogen) atoms. The molecule has 1 N–H and O–H groups in total. The van der Waals surface area contributed by atoms with Gasteiger partial charge in [0.25, 0.3) is 0 Å². The van der Waals surface area contributed by atoms with E-state index < -0.39 is 12.2 Å². The Hall–Kier alpha value is -2.47. The highest BCUT2D eigenvalue weighted by atomic mass is 19.1. The molecule has 6 heteroatoms. The number of carbonyl (C=O) groups excluding carboxylic acids is 1. The normalized spacial score (nSPS) is 22.7. The molecule has 1 aromatic carbocycles. The van der Waals surface area contributed by atoms with E-state index in [2.05, 4.69) is 4.98 Å². The third kappa shape index (κ3) is 4.38. The lowest BCUT2D eigenvalue weighted by Crippen LogP contribution is -2.53. The zero-order valence-corrected chi connectivity index (χ0v) is 14.7. The minimum atomic E-state index is -0.824. The molecular formula is C20H23FN2O3. The van der Waals surface area contributed by atoms with Crippen molar-refractivity contribution in [3.8, 4) is 5.75 Å². The Bertz CT molecular complexity index is 741. The number of aliphatic hydroxyl groups is 1. The Labute approximate surface area is 152 Å². The number of benzene rings is 1. The van der Waals surface area contributed by atoms with Crippen molar-refractivity contribution in [3.63, 3.8) is 0 Å². The summed E-state index contributed by atoms with van der Waals surface area (Å²) in [5.41, 5.74) is 0.835. The van der Waals surface area contributed by atoms with Crippen molar-refractivity contribution in [1.29, 1.82) is 0 Å². The number of carbonyl (C=O) groups is 1.